The lowest BCUT2D eigenvalue weighted by atomic mass is 10.0. The first-order valence-electron chi connectivity index (χ1n) is 3.82. The molecule has 1 aromatic carbocycles. The Labute approximate surface area is 81.2 Å². The van der Waals surface area contributed by atoms with Gasteiger partial charge >= 0.3 is 0 Å². The van der Waals surface area contributed by atoms with Gasteiger partial charge in [-0.1, -0.05) is 40.2 Å². The van der Waals surface area contributed by atoms with Crippen LogP contribution in [-0.4, -0.2) is 4.83 Å². The highest BCUT2D eigenvalue weighted by molar-refractivity contribution is 9.09. The van der Waals surface area contributed by atoms with Gasteiger partial charge in [-0.2, -0.15) is 5.26 Å². The van der Waals surface area contributed by atoms with Crippen molar-refractivity contribution < 1.29 is 0 Å². The molecule has 12 heavy (non-hydrogen) atoms. The molecule has 1 unspecified atom stereocenters. The zero-order valence-electron chi connectivity index (χ0n) is 6.92. The van der Waals surface area contributed by atoms with E-state index in [1.54, 1.807) is 0 Å². The lowest BCUT2D eigenvalue weighted by molar-refractivity contribution is 1.03. The van der Waals surface area contributed by atoms with Gasteiger partial charge in [0.2, 0.25) is 0 Å². The van der Waals surface area contributed by atoms with Gasteiger partial charge in [0, 0.05) is 0 Å². The molecule has 0 spiro atoms. The smallest absolute Gasteiger partial charge is 0.105 e. The van der Waals surface area contributed by atoms with Crippen LogP contribution in [-0.2, 0) is 6.42 Å². The molecule has 1 nitrogen and oxygen atoms in total. The number of benzene rings is 1. The predicted octanol–water partition coefficient (Wildman–Crippen LogP) is 2.82. The van der Waals surface area contributed by atoms with Crippen molar-refractivity contribution in [2.24, 2.45) is 0 Å². The van der Waals surface area contributed by atoms with Crippen LogP contribution in [0, 0.1) is 18.3 Å². The van der Waals surface area contributed by atoms with Gasteiger partial charge in [0.25, 0.3) is 0 Å². The molecule has 0 aromatic heterocycles. The fourth-order valence-electron chi connectivity index (χ4n) is 1.08. The van der Waals surface area contributed by atoms with Gasteiger partial charge in [0.05, 0.1) is 6.07 Å². The minimum atomic E-state index is -0.0707. The molecule has 0 N–H and O–H groups in total. The van der Waals surface area contributed by atoms with Crippen molar-refractivity contribution >= 4 is 15.9 Å². The number of hydrogen-bond donors (Lipinski definition) is 0. The molecule has 1 atom stereocenters. The molecule has 0 radical (unpaired) electrons. The molecule has 0 aliphatic rings. The molecule has 1 rings (SSSR count). The van der Waals surface area contributed by atoms with Crippen LogP contribution < -0.4 is 0 Å². The maximum absolute atomic E-state index is 8.59. The minimum Gasteiger partial charge on any atom is -0.197 e. The molecular weight excluding hydrogens is 214 g/mol. The summed E-state index contributed by atoms with van der Waals surface area (Å²) in [4.78, 5) is -0.0707. The normalized spacial score (nSPS) is 12.1. The Kier molecular flexibility index (Phi) is 3.31. The molecular formula is C10H10BrN. The third-order valence-electron chi connectivity index (χ3n) is 1.80. The largest absolute Gasteiger partial charge is 0.197 e. The second-order valence-electron chi connectivity index (χ2n) is 2.73. The van der Waals surface area contributed by atoms with Gasteiger partial charge in [-0.15, -0.1) is 0 Å². The SMILES string of the molecule is Cc1ccccc1CC(Br)C#N. The Balaban J connectivity index is 2.77. The summed E-state index contributed by atoms with van der Waals surface area (Å²) in [5.74, 6) is 0. The van der Waals surface area contributed by atoms with Gasteiger partial charge in [0.1, 0.15) is 4.83 Å². The topological polar surface area (TPSA) is 23.8 Å². The molecule has 0 amide bonds. The Morgan fingerprint density at radius 1 is 1.50 bits per heavy atom. The van der Waals surface area contributed by atoms with Crippen molar-refractivity contribution in [1.29, 1.82) is 5.26 Å². The molecule has 0 aliphatic carbocycles. The van der Waals surface area contributed by atoms with Gasteiger partial charge in [-0.3, -0.25) is 0 Å². The fraction of sp³-hybridized carbons (Fsp3) is 0.300. The Hall–Kier alpha value is -0.810. The lowest BCUT2D eigenvalue weighted by Crippen LogP contribution is -2.00. The van der Waals surface area contributed by atoms with Crippen molar-refractivity contribution in [3.05, 3.63) is 35.4 Å². The molecule has 0 fully saturated rings. The number of aryl methyl sites for hydroxylation is 1. The Bertz CT molecular complexity index is 301. The molecule has 1 aromatic rings. The van der Waals surface area contributed by atoms with E-state index in [0.29, 0.717) is 0 Å². The van der Waals surface area contributed by atoms with Crippen molar-refractivity contribution in [2.45, 2.75) is 18.2 Å². The maximum atomic E-state index is 8.59. The molecule has 0 bridgehead atoms. The van der Waals surface area contributed by atoms with E-state index >= 15 is 0 Å². The highest BCUT2D eigenvalue weighted by atomic mass is 79.9. The number of nitrogens with zero attached hydrogens (tertiary/aromatic N) is 1. The maximum Gasteiger partial charge on any atom is 0.105 e. The van der Waals surface area contributed by atoms with Gasteiger partial charge in [0.15, 0.2) is 0 Å². The van der Waals surface area contributed by atoms with Crippen LogP contribution in [0.15, 0.2) is 24.3 Å². The first-order valence-corrected chi connectivity index (χ1v) is 4.74. The van der Waals surface area contributed by atoms with Crippen LogP contribution in [0.3, 0.4) is 0 Å². The summed E-state index contributed by atoms with van der Waals surface area (Å²) in [7, 11) is 0. The van der Waals surface area contributed by atoms with E-state index in [2.05, 4.69) is 41.1 Å². The van der Waals surface area contributed by atoms with Crippen LogP contribution in [0.5, 0.6) is 0 Å². The summed E-state index contributed by atoms with van der Waals surface area (Å²) in [6.07, 6.45) is 0.781. The van der Waals surface area contributed by atoms with Crippen molar-refractivity contribution in [1.82, 2.24) is 0 Å². The number of alkyl halides is 1. The fourth-order valence-corrected chi connectivity index (χ4v) is 1.43. The van der Waals surface area contributed by atoms with Crippen LogP contribution >= 0.6 is 15.9 Å². The number of nitriles is 1. The summed E-state index contributed by atoms with van der Waals surface area (Å²) in [6, 6.07) is 10.3. The van der Waals surface area contributed by atoms with Crippen molar-refractivity contribution in [3.8, 4) is 6.07 Å². The van der Waals surface area contributed by atoms with E-state index in [0.717, 1.165) is 6.42 Å². The minimum absolute atomic E-state index is 0.0707. The second-order valence-corrected chi connectivity index (χ2v) is 3.83. The first kappa shape index (κ1) is 9.28. The van der Waals surface area contributed by atoms with E-state index in [9.17, 15) is 0 Å². The van der Waals surface area contributed by atoms with E-state index in [4.69, 9.17) is 5.26 Å². The van der Waals surface area contributed by atoms with Crippen LogP contribution in [0.2, 0.25) is 0 Å². The first-order chi connectivity index (χ1) is 5.74. The quantitative estimate of drug-likeness (QED) is 0.708. The zero-order chi connectivity index (χ0) is 8.97. The summed E-state index contributed by atoms with van der Waals surface area (Å²) >= 11 is 3.29. The average molecular weight is 224 g/mol. The van der Waals surface area contributed by atoms with E-state index < -0.39 is 0 Å². The predicted molar refractivity (Wildman–Crippen MR) is 53.2 cm³/mol. The summed E-state index contributed by atoms with van der Waals surface area (Å²) < 4.78 is 0. The average Bonchev–Trinajstić information content (AvgIpc) is 2.09. The lowest BCUT2D eigenvalue weighted by Gasteiger charge is -2.04. The molecule has 0 saturated heterocycles. The van der Waals surface area contributed by atoms with Crippen LogP contribution in [0.1, 0.15) is 11.1 Å². The Morgan fingerprint density at radius 3 is 2.75 bits per heavy atom. The van der Waals surface area contributed by atoms with E-state index in [-0.39, 0.29) is 4.83 Å². The molecule has 0 saturated carbocycles. The highest BCUT2D eigenvalue weighted by Crippen LogP contribution is 2.12. The van der Waals surface area contributed by atoms with Crippen LogP contribution in [0.25, 0.3) is 0 Å². The molecule has 0 aliphatic heterocycles. The monoisotopic (exact) mass is 223 g/mol. The highest BCUT2D eigenvalue weighted by Gasteiger charge is 2.04. The summed E-state index contributed by atoms with van der Waals surface area (Å²) in [5.41, 5.74) is 2.48. The standard InChI is InChI=1S/C10H10BrN/c1-8-4-2-3-5-9(8)6-10(11)7-12/h2-5,10H,6H2,1H3. The Morgan fingerprint density at radius 2 is 2.17 bits per heavy atom. The van der Waals surface area contributed by atoms with Crippen LogP contribution in [0.4, 0.5) is 0 Å². The van der Waals surface area contributed by atoms with Gasteiger partial charge in [-0.25, -0.2) is 0 Å². The van der Waals surface area contributed by atoms with E-state index in [1.807, 2.05) is 12.1 Å². The number of hydrogen-bond acceptors (Lipinski definition) is 1. The van der Waals surface area contributed by atoms with Gasteiger partial charge < -0.3 is 0 Å². The van der Waals surface area contributed by atoms with Crippen molar-refractivity contribution in [3.63, 3.8) is 0 Å². The van der Waals surface area contributed by atoms with Gasteiger partial charge in [-0.05, 0) is 24.5 Å². The number of rotatable bonds is 2. The molecule has 2 heteroatoms. The zero-order valence-corrected chi connectivity index (χ0v) is 8.51. The second kappa shape index (κ2) is 4.27. The summed E-state index contributed by atoms with van der Waals surface area (Å²) in [6.45, 7) is 2.06. The number of halogens is 1. The van der Waals surface area contributed by atoms with Crippen molar-refractivity contribution in [2.75, 3.05) is 0 Å². The molecule has 62 valence electrons. The third kappa shape index (κ3) is 2.35. The summed E-state index contributed by atoms with van der Waals surface area (Å²) in [5, 5.41) is 8.59. The third-order valence-corrected chi connectivity index (χ3v) is 2.33. The molecule has 0 heterocycles. The van der Waals surface area contributed by atoms with E-state index in [1.165, 1.54) is 11.1 Å².